The van der Waals surface area contributed by atoms with Gasteiger partial charge in [-0.3, -0.25) is 0 Å². The van der Waals surface area contributed by atoms with Gasteiger partial charge in [-0.1, -0.05) is 32.1 Å². The Kier molecular flexibility index (Phi) is 5.35. The molecule has 2 N–H and O–H groups in total. The molecule has 20 heavy (non-hydrogen) atoms. The second-order valence-electron chi connectivity index (χ2n) is 5.69. The number of methoxy groups -OCH3 is 1. The molecule has 1 aromatic rings. The lowest BCUT2D eigenvalue weighted by Crippen LogP contribution is -2.17. The van der Waals surface area contributed by atoms with E-state index in [0.717, 1.165) is 6.42 Å². The van der Waals surface area contributed by atoms with E-state index in [1.54, 1.807) is 0 Å². The van der Waals surface area contributed by atoms with Gasteiger partial charge in [0.25, 0.3) is 0 Å². The van der Waals surface area contributed by atoms with E-state index in [-0.39, 0.29) is 11.3 Å². The molecule has 1 aromatic carbocycles. The van der Waals surface area contributed by atoms with Crippen molar-refractivity contribution in [2.24, 2.45) is 11.7 Å². The quantitative estimate of drug-likeness (QED) is 0.872. The summed E-state index contributed by atoms with van der Waals surface area (Å²) in [5, 5.41) is 0. The SMILES string of the molecule is COc1cc(F)c(C(N)CCC2CCCCC2)c(F)c1. The van der Waals surface area contributed by atoms with Gasteiger partial charge in [-0.25, -0.2) is 8.78 Å². The standard InChI is InChI=1S/C16H23F2NO/c1-20-12-9-13(17)16(14(18)10-12)15(19)8-7-11-5-3-2-4-6-11/h9-11,15H,2-8,19H2,1H3. The molecule has 112 valence electrons. The second-order valence-corrected chi connectivity index (χ2v) is 5.69. The molecule has 1 aliphatic carbocycles. The molecule has 0 aromatic heterocycles. The Morgan fingerprint density at radius 1 is 1.20 bits per heavy atom. The van der Waals surface area contributed by atoms with Gasteiger partial charge in [-0.15, -0.1) is 0 Å². The van der Waals surface area contributed by atoms with Crippen molar-refractivity contribution in [3.63, 3.8) is 0 Å². The van der Waals surface area contributed by atoms with Crippen LogP contribution in [0.25, 0.3) is 0 Å². The number of benzene rings is 1. The number of nitrogens with two attached hydrogens (primary N) is 1. The predicted octanol–water partition coefficient (Wildman–Crippen LogP) is 4.33. The van der Waals surface area contributed by atoms with Gasteiger partial charge in [0.2, 0.25) is 0 Å². The van der Waals surface area contributed by atoms with Gasteiger partial charge < -0.3 is 10.5 Å². The van der Waals surface area contributed by atoms with E-state index in [0.29, 0.717) is 12.3 Å². The minimum absolute atomic E-state index is 0.0124. The van der Waals surface area contributed by atoms with Crippen LogP contribution in [0, 0.1) is 17.6 Å². The first kappa shape index (κ1) is 15.2. The van der Waals surface area contributed by atoms with Crippen LogP contribution < -0.4 is 10.5 Å². The summed E-state index contributed by atoms with van der Waals surface area (Å²) in [5.41, 5.74) is 5.97. The van der Waals surface area contributed by atoms with Gasteiger partial charge in [-0.05, 0) is 18.8 Å². The Bertz CT molecular complexity index is 421. The third-order valence-electron chi connectivity index (χ3n) is 4.27. The van der Waals surface area contributed by atoms with E-state index in [4.69, 9.17) is 10.5 Å². The molecule has 2 nitrogen and oxygen atoms in total. The summed E-state index contributed by atoms with van der Waals surface area (Å²) in [4.78, 5) is 0. The highest BCUT2D eigenvalue weighted by Crippen LogP contribution is 2.32. The lowest BCUT2D eigenvalue weighted by atomic mass is 9.84. The van der Waals surface area contributed by atoms with E-state index in [9.17, 15) is 8.78 Å². The molecular formula is C16H23F2NO. The lowest BCUT2D eigenvalue weighted by Gasteiger charge is -2.23. The van der Waals surface area contributed by atoms with Gasteiger partial charge >= 0.3 is 0 Å². The fourth-order valence-corrected chi connectivity index (χ4v) is 3.07. The largest absolute Gasteiger partial charge is 0.497 e. The van der Waals surface area contributed by atoms with Crippen molar-refractivity contribution in [2.45, 2.75) is 51.0 Å². The molecule has 0 heterocycles. The number of hydrogen-bond acceptors (Lipinski definition) is 2. The number of hydrogen-bond donors (Lipinski definition) is 1. The summed E-state index contributed by atoms with van der Waals surface area (Å²) >= 11 is 0. The topological polar surface area (TPSA) is 35.2 Å². The summed E-state index contributed by atoms with van der Waals surface area (Å²) in [6, 6.07) is 1.81. The Hall–Kier alpha value is -1.16. The molecule has 1 saturated carbocycles. The monoisotopic (exact) mass is 283 g/mol. The van der Waals surface area contributed by atoms with Crippen LogP contribution in [0.1, 0.15) is 56.6 Å². The van der Waals surface area contributed by atoms with Gasteiger partial charge in [-0.2, -0.15) is 0 Å². The summed E-state index contributed by atoms with van der Waals surface area (Å²) in [6.07, 6.45) is 7.87. The molecular weight excluding hydrogens is 260 g/mol. The van der Waals surface area contributed by atoms with Crippen molar-refractivity contribution < 1.29 is 13.5 Å². The maximum atomic E-state index is 13.9. The molecule has 2 rings (SSSR count). The number of ether oxygens (including phenoxy) is 1. The Labute approximate surface area is 119 Å². The van der Waals surface area contributed by atoms with E-state index in [2.05, 4.69) is 0 Å². The molecule has 0 radical (unpaired) electrons. The molecule has 4 heteroatoms. The molecule has 0 aliphatic heterocycles. The van der Waals surface area contributed by atoms with E-state index >= 15 is 0 Å². The van der Waals surface area contributed by atoms with Crippen molar-refractivity contribution in [1.29, 1.82) is 0 Å². The van der Waals surface area contributed by atoms with Crippen LogP contribution in [0.2, 0.25) is 0 Å². The van der Waals surface area contributed by atoms with Crippen LogP contribution in [-0.2, 0) is 0 Å². The maximum Gasteiger partial charge on any atom is 0.134 e. The Morgan fingerprint density at radius 3 is 2.35 bits per heavy atom. The van der Waals surface area contributed by atoms with Gasteiger partial charge in [0.1, 0.15) is 17.4 Å². The smallest absolute Gasteiger partial charge is 0.134 e. The van der Waals surface area contributed by atoms with E-state index < -0.39 is 17.7 Å². The molecule has 1 unspecified atom stereocenters. The molecule has 0 spiro atoms. The van der Waals surface area contributed by atoms with Crippen LogP contribution >= 0.6 is 0 Å². The first-order valence-electron chi connectivity index (χ1n) is 7.40. The van der Waals surface area contributed by atoms with Crippen molar-refractivity contribution in [2.75, 3.05) is 7.11 Å². The fraction of sp³-hybridized carbons (Fsp3) is 0.625. The van der Waals surface area contributed by atoms with Gasteiger partial charge in [0.15, 0.2) is 0 Å². The number of halogens is 2. The van der Waals surface area contributed by atoms with Gasteiger partial charge in [0.05, 0.1) is 7.11 Å². The summed E-state index contributed by atoms with van der Waals surface area (Å²) < 4.78 is 32.7. The van der Waals surface area contributed by atoms with Crippen LogP contribution in [0.15, 0.2) is 12.1 Å². The molecule has 1 aliphatic rings. The van der Waals surface area contributed by atoms with Crippen LogP contribution in [-0.4, -0.2) is 7.11 Å². The molecule has 0 bridgehead atoms. The Balaban J connectivity index is 1.99. The van der Waals surface area contributed by atoms with E-state index in [1.165, 1.54) is 51.3 Å². The highest BCUT2D eigenvalue weighted by atomic mass is 19.1. The molecule has 1 fully saturated rings. The number of rotatable bonds is 5. The van der Waals surface area contributed by atoms with Crippen LogP contribution in [0.3, 0.4) is 0 Å². The minimum atomic E-state index is -0.613. The fourth-order valence-electron chi connectivity index (χ4n) is 3.07. The normalized spacial score (nSPS) is 18.0. The maximum absolute atomic E-state index is 13.9. The molecule has 0 amide bonds. The first-order valence-corrected chi connectivity index (χ1v) is 7.40. The summed E-state index contributed by atoms with van der Waals surface area (Å²) in [6.45, 7) is 0. The highest BCUT2D eigenvalue weighted by Gasteiger charge is 2.20. The van der Waals surface area contributed by atoms with Crippen molar-refractivity contribution in [3.05, 3.63) is 29.3 Å². The van der Waals surface area contributed by atoms with Crippen LogP contribution in [0.5, 0.6) is 5.75 Å². The van der Waals surface area contributed by atoms with Crippen LogP contribution in [0.4, 0.5) is 8.78 Å². The van der Waals surface area contributed by atoms with E-state index in [1.807, 2.05) is 0 Å². The van der Waals surface area contributed by atoms with Crippen molar-refractivity contribution >= 4 is 0 Å². The zero-order valence-electron chi connectivity index (χ0n) is 12.0. The van der Waals surface area contributed by atoms with Crippen molar-refractivity contribution in [3.8, 4) is 5.75 Å². The third kappa shape index (κ3) is 3.69. The highest BCUT2D eigenvalue weighted by molar-refractivity contribution is 5.32. The van der Waals surface area contributed by atoms with Gasteiger partial charge in [0, 0.05) is 23.7 Å². The minimum Gasteiger partial charge on any atom is -0.497 e. The predicted molar refractivity (Wildman–Crippen MR) is 75.6 cm³/mol. The first-order chi connectivity index (χ1) is 9.61. The summed E-state index contributed by atoms with van der Waals surface area (Å²) in [5.74, 6) is -0.376. The zero-order valence-corrected chi connectivity index (χ0v) is 12.0. The lowest BCUT2D eigenvalue weighted by molar-refractivity contribution is 0.321. The average molecular weight is 283 g/mol. The summed E-state index contributed by atoms with van der Waals surface area (Å²) in [7, 11) is 1.39. The average Bonchev–Trinajstić information content (AvgIpc) is 2.45. The molecule has 0 saturated heterocycles. The third-order valence-corrected chi connectivity index (χ3v) is 4.27. The second kappa shape index (κ2) is 7.02. The van der Waals surface area contributed by atoms with Crippen molar-refractivity contribution in [1.82, 2.24) is 0 Å². The zero-order chi connectivity index (χ0) is 14.5. The molecule has 1 atom stereocenters. The Morgan fingerprint density at radius 2 is 1.80 bits per heavy atom.